The number of benzene rings is 2. The van der Waals surface area contributed by atoms with Gasteiger partial charge in [0.1, 0.15) is 23.8 Å². The van der Waals surface area contributed by atoms with E-state index >= 15 is 0 Å². The third-order valence-corrected chi connectivity index (χ3v) is 8.36. The predicted octanol–water partition coefficient (Wildman–Crippen LogP) is 8.92. The third-order valence-electron chi connectivity index (χ3n) is 6.68. The Hall–Kier alpha value is -3.50. The Balaban J connectivity index is 0.00000294. The van der Waals surface area contributed by atoms with Crippen LogP contribution in [0.15, 0.2) is 80.0 Å². The first-order valence-electron chi connectivity index (χ1n) is 13.3. The van der Waals surface area contributed by atoms with E-state index in [1.54, 1.807) is 22.7 Å². The summed E-state index contributed by atoms with van der Waals surface area (Å²) in [5, 5.41) is 23.5. The highest BCUT2D eigenvalue weighted by atomic mass is 32.1. The van der Waals surface area contributed by atoms with Crippen molar-refractivity contribution < 1.29 is 9.13 Å². The lowest BCUT2D eigenvalue weighted by molar-refractivity contribution is -0.654. The molecule has 8 nitrogen and oxygen atoms in total. The van der Waals surface area contributed by atoms with Gasteiger partial charge in [0, 0.05) is 48.3 Å². The second kappa shape index (κ2) is 16.1. The fraction of sp³-hybridized carbons (Fsp3) is 0.419. The van der Waals surface area contributed by atoms with Crippen molar-refractivity contribution in [2.24, 2.45) is 34.6 Å². The average Bonchev–Trinajstić information content (AvgIpc) is 3.54. The van der Waals surface area contributed by atoms with Crippen LogP contribution < -0.4 is 18.9 Å². The molecular weight excluding hydrogens is 549 g/mol. The zero-order valence-electron chi connectivity index (χ0n) is 23.7. The van der Waals surface area contributed by atoms with Gasteiger partial charge in [-0.05, 0) is 115 Å². The number of nitrogens with zero attached hydrogens (tertiary/aromatic N) is 8. The minimum Gasteiger partial charge on any atom is -0.372 e. The van der Waals surface area contributed by atoms with E-state index in [1.807, 2.05) is 46.4 Å². The zero-order chi connectivity index (χ0) is 27.8. The van der Waals surface area contributed by atoms with E-state index in [9.17, 15) is 0 Å². The summed E-state index contributed by atoms with van der Waals surface area (Å²) in [7, 11) is 3.96. The Morgan fingerprint density at radius 2 is 1.07 bits per heavy atom. The molecule has 0 atom stereocenters. The quantitative estimate of drug-likeness (QED) is 0.121. The van der Waals surface area contributed by atoms with Crippen molar-refractivity contribution in [3.63, 3.8) is 0 Å². The first kappa shape index (κ1) is 33.7. The van der Waals surface area contributed by atoms with Gasteiger partial charge in [-0.15, -0.1) is 0 Å². The normalized spacial score (nSPS) is 11.1. The molecule has 0 radical (unpaired) electrons. The number of hydrogen-bond donors (Lipinski definition) is 0. The minimum absolute atomic E-state index is 0. The van der Waals surface area contributed by atoms with Crippen molar-refractivity contribution >= 4 is 55.7 Å². The van der Waals surface area contributed by atoms with Crippen molar-refractivity contribution in [2.75, 3.05) is 36.0 Å². The van der Waals surface area contributed by atoms with Crippen molar-refractivity contribution in [3.05, 3.63) is 70.7 Å². The second-order valence-corrected chi connectivity index (χ2v) is 11.2. The molecule has 2 heterocycles. The highest BCUT2D eigenvalue weighted by Gasteiger charge is 2.13. The van der Waals surface area contributed by atoms with E-state index in [0.29, 0.717) is 0 Å². The summed E-state index contributed by atoms with van der Waals surface area (Å²) in [5.74, 6) is 0. The molecule has 0 bridgehead atoms. The molecule has 0 saturated carbocycles. The van der Waals surface area contributed by atoms with Gasteiger partial charge in [0.05, 0.1) is 24.3 Å². The van der Waals surface area contributed by atoms with E-state index in [-0.39, 0.29) is 14.9 Å². The van der Waals surface area contributed by atoms with Gasteiger partial charge in [0.15, 0.2) is 0 Å². The molecule has 2 aromatic heterocycles. The fourth-order valence-electron chi connectivity index (χ4n) is 4.51. The maximum atomic E-state index is 4.45. The predicted molar refractivity (Wildman–Crippen MR) is 176 cm³/mol. The second-order valence-electron chi connectivity index (χ2n) is 9.45. The average molecular weight is 595 g/mol. The van der Waals surface area contributed by atoms with Crippen LogP contribution >= 0.6 is 22.7 Å². The molecule has 0 spiro atoms. The molecule has 0 aliphatic rings. The molecule has 4 rings (SSSR count). The monoisotopic (exact) mass is 594 g/mol. The number of thiazole rings is 2. The Morgan fingerprint density at radius 3 is 1.39 bits per heavy atom. The molecule has 0 N–H and O–H groups in total. The van der Waals surface area contributed by atoms with Gasteiger partial charge in [-0.1, -0.05) is 14.9 Å². The van der Waals surface area contributed by atoms with Crippen LogP contribution in [0.2, 0.25) is 0 Å². The summed E-state index contributed by atoms with van der Waals surface area (Å²) in [6, 6.07) is 12.7. The summed E-state index contributed by atoms with van der Waals surface area (Å²) < 4.78 is 3.95. The summed E-state index contributed by atoms with van der Waals surface area (Å²) in [6.45, 7) is 12.6. The van der Waals surface area contributed by atoms with Crippen LogP contribution in [-0.2, 0) is 14.1 Å². The summed E-state index contributed by atoms with van der Waals surface area (Å²) in [5.41, 5.74) is 6.69. The highest BCUT2D eigenvalue weighted by Crippen LogP contribution is 2.29. The van der Waals surface area contributed by atoms with E-state index in [0.717, 1.165) is 54.2 Å². The Labute approximate surface area is 254 Å². The van der Waals surface area contributed by atoms with E-state index in [4.69, 9.17) is 0 Å². The van der Waals surface area contributed by atoms with E-state index in [1.165, 1.54) is 22.5 Å². The first-order valence-corrected chi connectivity index (χ1v) is 15.1. The highest BCUT2D eigenvalue weighted by molar-refractivity contribution is 7.13. The standard InChI is InChI=1S/C29H38N8S2.2CH4/c1-7-36(26-12-10-24(20-22(26)3)30-32-28-34(5)16-18-38-28)14-9-15-37(8-2)27-13-11-25(21-23(27)4)31-33-29-35(6)17-19-39-29;;/h10-13,16-21H,7-9,14-15H2,1-6H3;2*1H4/q+2;;. The molecule has 41 heavy (non-hydrogen) atoms. The molecule has 4 aromatic rings. The van der Waals surface area contributed by atoms with Gasteiger partial charge in [-0.3, -0.25) is 0 Å². The topological polar surface area (TPSA) is 63.7 Å². The number of rotatable bonds is 12. The SMILES string of the molecule is C.C.CCN(CCCN(CC)c1ccc(N=Nc2scc[n+]2C)cc1C)c1ccc(N=Nc2scc[n+]2C)cc1C. The molecule has 10 heteroatoms. The smallest absolute Gasteiger partial charge is 0.372 e. The van der Waals surface area contributed by atoms with Crippen LogP contribution in [0, 0.1) is 13.8 Å². The zero-order valence-corrected chi connectivity index (χ0v) is 25.3. The summed E-state index contributed by atoms with van der Waals surface area (Å²) in [6.07, 6.45) is 5.04. The molecule has 0 aliphatic carbocycles. The van der Waals surface area contributed by atoms with Crippen LogP contribution in [0.3, 0.4) is 0 Å². The van der Waals surface area contributed by atoms with Gasteiger partial charge in [-0.25, -0.2) is 9.13 Å². The van der Waals surface area contributed by atoms with Gasteiger partial charge in [-0.2, -0.15) is 0 Å². The number of hydrogen-bond acceptors (Lipinski definition) is 8. The van der Waals surface area contributed by atoms with Crippen LogP contribution in [-0.4, -0.2) is 26.2 Å². The molecule has 0 aliphatic heterocycles. The van der Waals surface area contributed by atoms with Crippen molar-refractivity contribution in [1.29, 1.82) is 0 Å². The Kier molecular flexibility index (Phi) is 13.2. The van der Waals surface area contributed by atoms with E-state index < -0.39 is 0 Å². The Morgan fingerprint density at radius 1 is 0.659 bits per heavy atom. The molecule has 220 valence electrons. The molecule has 2 aromatic carbocycles. The number of anilines is 2. The third kappa shape index (κ3) is 8.74. The lowest BCUT2D eigenvalue weighted by Gasteiger charge is -2.29. The lowest BCUT2D eigenvalue weighted by atomic mass is 10.1. The van der Waals surface area contributed by atoms with E-state index in [2.05, 4.69) is 94.3 Å². The number of azo groups is 2. The molecule has 0 amide bonds. The maximum Gasteiger partial charge on any atom is 0.408 e. The molecule has 0 unspecified atom stereocenters. The molecule has 0 fully saturated rings. The van der Waals surface area contributed by atoms with Crippen molar-refractivity contribution in [2.45, 2.75) is 49.0 Å². The summed E-state index contributed by atoms with van der Waals surface area (Å²) in [4.78, 5) is 4.90. The van der Waals surface area contributed by atoms with Crippen LogP contribution in [0.1, 0.15) is 46.2 Å². The first-order chi connectivity index (χ1) is 18.9. The van der Waals surface area contributed by atoms with Crippen LogP contribution in [0.25, 0.3) is 0 Å². The maximum absolute atomic E-state index is 4.45. The Bertz CT molecular complexity index is 1330. The van der Waals surface area contributed by atoms with Gasteiger partial charge in [0.2, 0.25) is 0 Å². The number of aromatic nitrogens is 2. The molecular formula is C31H46N8S2+2. The van der Waals surface area contributed by atoms with Gasteiger partial charge in [0.25, 0.3) is 0 Å². The largest absolute Gasteiger partial charge is 0.408 e. The fourth-order valence-corrected chi connectivity index (χ4v) is 5.87. The summed E-state index contributed by atoms with van der Waals surface area (Å²) >= 11 is 3.16. The van der Waals surface area contributed by atoms with Crippen molar-refractivity contribution in [1.82, 2.24) is 0 Å². The minimum atomic E-state index is 0. The molecule has 0 saturated heterocycles. The number of aryl methyl sites for hydroxylation is 4. The van der Waals surface area contributed by atoms with Gasteiger partial charge >= 0.3 is 10.3 Å². The lowest BCUT2D eigenvalue weighted by Crippen LogP contribution is -2.30. The van der Waals surface area contributed by atoms with Crippen LogP contribution in [0.5, 0.6) is 0 Å². The van der Waals surface area contributed by atoms with Gasteiger partial charge < -0.3 is 9.80 Å². The van der Waals surface area contributed by atoms with Crippen molar-refractivity contribution in [3.8, 4) is 0 Å². The van der Waals surface area contributed by atoms with Crippen LogP contribution in [0.4, 0.5) is 33.0 Å².